The Morgan fingerprint density at radius 3 is 2.50 bits per heavy atom. The summed E-state index contributed by atoms with van der Waals surface area (Å²) in [4.78, 5) is 11.9. The van der Waals surface area contributed by atoms with Crippen LogP contribution in [-0.2, 0) is 0 Å². The van der Waals surface area contributed by atoms with Crippen LogP contribution < -0.4 is 11.1 Å². The van der Waals surface area contributed by atoms with E-state index in [1.165, 1.54) is 18.2 Å². The van der Waals surface area contributed by atoms with Crippen LogP contribution in [0.4, 0.5) is 20.2 Å². The third-order valence-corrected chi connectivity index (χ3v) is 2.61. The number of amides is 1. The van der Waals surface area contributed by atoms with Crippen LogP contribution in [0.5, 0.6) is 0 Å². The first kappa shape index (κ1) is 13.5. The van der Waals surface area contributed by atoms with E-state index in [9.17, 15) is 13.6 Å². The van der Waals surface area contributed by atoms with Gasteiger partial charge in [-0.2, -0.15) is 5.26 Å². The topological polar surface area (TPSA) is 78.9 Å². The zero-order chi connectivity index (χ0) is 14.7. The smallest absolute Gasteiger partial charge is 0.255 e. The van der Waals surface area contributed by atoms with E-state index >= 15 is 0 Å². The van der Waals surface area contributed by atoms with Crippen molar-refractivity contribution in [2.75, 3.05) is 11.1 Å². The van der Waals surface area contributed by atoms with Crippen LogP contribution >= 0.6 is 0 Å². The van der Waals surface area contributed by atoms with Gasteiger partial charge in [0.05, 0.1) is 23.0 Å². The summed E-state index contributed by atoms with van der Waals surface area (Å²) in [6.45, 7) is 0. The van der Waals surface area contributed by atoms with Gasteiger partial charge in [0.2, 0.25) is 0 Å². The van der Waals surface area contributed by atoms with Crippen molar-refractivity contribution < 1.29 is 13.6 Å². The number of nitrogens with two attached hydrogens (primary N) is 1. The van der Waals surface area contributed by atoms with E-state index in [2.05, 4.69) is 5.32 Å². The maximum atomic E-state index is 13.0. The van der Waals surface area contributed by atoms with Gasteiger partial charge in [-0.05, 0) is 36.4 Å². The Morgan fingerprint density at radius 1 is 1.15 bits per heavy atom. The molecule has 0 heterocycles. The molecule has 0 aromatic heterocycles. The van der Waals surface area contributed by atoms with Crippen molar-refractivity contribution in [2.45, 2.75) is 0 Å². The van der Waals surface area contributed by atoms with Gasteiger partial charge in [0.25, 0.3) is 5.91 Å². The SMILES string of the molecule is N#Cc1ccc(NC(=O)c2ccc(F)c(F)c2)c(N)c1. The number of carbonyl (C=O) groups is 1. The van der Waals surface area contributed by atoms with E-state index < -0.39 is 17.5 Å². The molecule has 6 heteroatoms. The molecule has 0 unspecified atom stereocenters. The van der Waals surface area contributed by atoms with Crippen molar-refractivity contribution in [3.63, 3.8) is 0 Å². The van der Waals surface area contributed by atoms with E-state index in [4.69, 9.17) is 11.0 Å². The number of nitriles is 1. The molecule has 4 nitrogen and oxygen atoms in total. The first-order valence-corrected chi connectivity index (χ1v) is 5.57. The highest BCUT2D eigenvalue weighted by atomic mass is 19.2. The number of nitrogens with one attached hydrogen (secondary N) is 1. The van der Waals surface area contributed by atoms with Crippen molar-refractivity contribution in [1.29, 1.82) is 5.26 Å². The Kier molecular flexibility index (Phi) is 3.62. The first-order chi connectivity index (χ1) is 9.51. The second kappa shape index (κ2) is 5.36. The molecule has 0 aliphatic rings. The molecule has 0 fully saturated rings. The summed E-state index contributed by atoms with van der Waals surface area (Å²) in [5.41, 5.74) is 6.50. The number of hydrogen-bond donors (Lipinski definition) is 2. The second-order valence-electron chi connectivity index (χ2n) is 4.00. The maximum absolute atomic E-state index is 13.0. The molecule has 100 valence electrons. The lowest BCUT2D eigenvalue weighted by atomic mass is 10.1. The number of carbonyl (C=O) groups excluding carboxylic acids is 1. The molecule has 0 saturated carbocycles. The second-order valence-corrected chi connectivity index (χ2v) is 4.00. The highest BCUT2D eigenvalue weighted by Gasteiger charge is 2.11. The van der Waals surface area contributed by atoms with Crippen LogP contribution in [0.25, 0.3) is 0 Å². The number of benzene rings is 2. The van der Waals surface area contributed by atoms with Crippen LogP contribution in [0.1, 0.15) is 15.9 Å². The van der Waals surface area contributed by atoms with Crippen LogP contribution in [0.2, 0.25) is 0 Å². The fourth-order valence-corrected chi connectivity index (χ4v) is 1.58. The van der Waals surface area contributed by atoms with Crippen molar-refractivity contribution in [1.82, 2.24) is 0 Å². The lowest BCUT2D eigenvalue weighted by molar-refractivity contribution is 0.102. The molecule has 0 radical (unpaired) electrons. The van der Waals surface area contributed by atoms with Crippen LogP contribution in [0, 0.1) is 23.0 Å². The standard InChI is InChI=1S/C14H9F2N3O/c15-10-3-2-9(6-11(10)16)14(20)19-13-4-1-8(7-17)5-12(13)18/h1-6H,18H2,(H,19,20). The average molecular weight is 273 g/mol. The summed E-state index contributed by atoms with van der Waals surface area (Å²) < 4.78 is 25.8. The predicted octanol–water partition coefficient (Wildman–Crippen LogP) is 2.67. The van der Waals surface area contributed by atoms with Gasteiger partial charge in [-0.3, -0.25) is 4.79 Å². The average Bonchev–Trinajstić information content (AvgIpc) is 2.43. The van der Waals surface area contributed by atoms with Crippen LogP contribution in [0.15, 0.2) is 36.4 Å². The third-order valence-electron chi connectivity index (χ3n) is 2.61. The number of hydrogen-bond acceptors (Lipinski definition) is 3. The first-order valence-electron chi connectivity index (χ1n) is 5.57. The zero-order valence-corrected chi connectivity index (χ0v) is 10.2. The van der Waals surface area contributed by atoms with Gasteiger partial charge in [0.1, 0.15) is 0 Å². The van der Waals surface area contributed by atoms with Crippen molar-refractivity contribution >= 4 is 17.3 Å². The van der Waals surface area contributed by atoms with E-state index in [0.717, 1.165) is 18.2 Å². The van der Waals surface area contributed by atoms with Crippen molar-refractivity contribution in [3.8, 4) is 6.07 Å². The summed E-state index contributed by atoms with van der Waals surface area (Å²) in [7, 11) is 0. The molecule has 0 atom stereocenters. The Labute approximate surface area is 113 Å². The summed E-state index contributed by atoms with van der Waals surface area (Å²) >= 11 is 0. The molecule has 2 rings (SSSR count). The Bertz CT molecular complexity index is 723. The lowest BCUT2D eigenvalue weighted by Crippen LogP contribution is -2.13. The van der Waals surface area contributed by atoms with Crippen molar-refractivity contribution in [2.24, 2.45) is 0 Å². The predicted molar refractivity (Wildman–Crippen MR) is 69.9 cm³/mol. The molecule has 2 aromatic rings. The minimum atomic E-state index is -1.11. The molecule has 0 aliphatic carbocycles. The lowest BCUT2D eigenvalue weighted by Gasteiger charge is -2.08. The van der Waals surface area contributed by atoms with Gasteiger partial charge < -0.3 is 11.1 Å². The van der Waals surface area contributed by atoms with Gasteiger partial charge >= 0.3 is 0 Å². The quantitative estimate of drug-likeness (QED) is 0.825. The third kappa shape index (κ3) is 2.72. The fraction of sp³-hybridized carbons (Fsp3) is 0. The Morgan fingerprint density at radius 2 is 1.90 bits per heavy atom. The maximum Gasteiger partial charge on any atom is 0.255 e. The van der Waals surface area contributed by atoms with Crippen molar-refractivity contribution in [3.05, 3.63) is 59.2 Å². The molecule has 0 bridgehead atoms. The Balaban J connectivity index is 2.23. The summed E-state index contributed by atoms with van der Waals surface area (Å²) in [6, 6.07) is 9.08. The van der Waals surface area contributed by atoms with Gasteiger partial charge in [0, 0.05) is 5.56 Å². The molecule has 0 aliphatic heterocycles. The van der Waals surface area contributed by atoms with E-state index in [1.54, 1.807) is 0 Å². The van der Waals surface area contributed by atoms with E-state index in [-0.39, 0.29) is 11.3 Å². The van der Waals surface area contributed by atoms with E-state index in [0.29, 0.717) is 11.3 Å². The summed E-state index contributed by atoms with van der Waals surface area (Å²) in [5.74, 6) is -2.76. The number of halogens is 2. The van der Waals surface area contributed by atoms with Crippen LogP contribution in [0.3, 0.4) is 0 Å². The van der Waals surface area contributed by atoms with Gasteiger partial charge in [0.15, 0.2) is 11.6 Å². The Hall–Kier alpha value is -2.94. The highest BCUT2D eigenvalue weighted by Crippen LogP contribution is 2.20. The molecule has 3 N–H and O–H groups in total. The zero-order valence-electron chi connectivity index (χ0n) is 10.2. The molecule has 1 amide bonds. The molecule has 20 heavy (non-hydrogen) atoms. The van der Waals surface area contributed by atoms with Gasteiger partial charge in [-0.15, -0.1) is 0 Å². The monoisotopic (exact) mass is 273 g/mol. The van der Waals surface area contributed by atoms with Crippen LogP contribution in [-0.4, -0.2) is 5.91 Å². The number of nitrogens with zero attached hydrogens (tertiary/aromatic N) is 1. The van der Waals surface area contributed by atoms with Gasteiger partial charge in [-0.25, -0.2) is 8.78 Å². The highest BCUT2D eigenvalue weighted by molar-refractivity contribution is 6.05. The normalized spacial score (nSPS) is 9.85. The number of anilines is 2. The molecular weight excluding hydrogens is 264 g/mol. The minimum absolute atomic E-state index is 0.0346. The minimum Gasteiger partial charge on any atom is -0.397 e. The molecular formula is C14H9F2N3O. The summed E-state index contributed by atoms with van der Waals surface area (Å²) in [6.07, 6.45) is 0. The number of nitrogen functional groups attached to an aromatic ring is 1. The largest absolute Gasteiger partial charge is 0.397 e. The summed E-state index contributed by atoms with van der Waals surface area (Å²) in [5, 5.41) is 11.2. The molecule has 0 spiro atoms. The molecule has 2 aromatic carbocycles. The number of rotatable bonds is 2. The van der Waals surface area contributed by atoms with E-state index in [1.807, 2.05) is 6.07 Å². The fourth-order valence-electron chi connectivity index (χ4n) is 1.58. The van der Waals surface area contributed by atoms with Gasteiger partial charge in [-0.1, -0.05) is 0 Å². The molecule has 0 saturated heterocycles.